The van der Waals surface area contributed by atoms with E-state index in [1.807, 2.05) is 17.5 Å². The zero-order valence-electron chi connectivity index (χ0n) is 14.6. The van der Waals surface area contributed by atoms with Crippen molar-refractivity contribution in [1.29, 1.82) is 0 Å². The maximum Gasteiger partial charge on any atom is 0.331 e. The number of nitrogens with one attached hydrogen (secondary N) is 1. The fourth-order valence-electron chi connectivity index (χ4n) is 2.39. The van der Waals surface area contributed by atoms with Gasteiger partial charge in [0.25, 0.3) is 5.91 Å². The van der Waals surface area contributed by atoms with Crippen molar-refractivity contribution >= 4 is 40.9 Å². The molecule has 6 nitrogen and oxygen atoms in total. The van der Waals surface area contributed by atoms with Crippen molar-refractivity contribution in [3.05, 3.63) is 51.2 Å². The molecule has 27 heavy (non-hydrogen) atoms. The van der Waals surface area contributed by atoms with Crippen LogP contribution in [0.25, 0.3) is 6.08 Å². The van der Waals surface area contributed by atoms with Gasteiger partial charge in [0.1, 0.15) is 13.2 Å². The van der Waals surface area contributed by atoms with Gasteiger partial charge in [-0.1, -0.05) is 17.7 Å². The maximum absolute atomic E-state index is 12.0. The third-order valence-electron chi connectivity index (χ3n) is 3.71. The number of fused-ring (bicyclic) bond motifs is 1. The van der Waals surface area contributed by atoms with Crippen LogP contribution < -0.4 is 14.8 Å². The quantitative estimate of drug-likeness (QED) is 0.586. The van der Waals surface area contributed by atoms with Crippen molar-refractivity contribution in [3.63, 3.8) is 0 Å². The zero-order valence-corrected chi connectivity index (χ0v) is 16.1. The number of carbonyl (C=O) groups is 2. The average molecular weight is 408 g/mol. The van der Waals surface area contributed by atoms with Gasteiger partial charge >= 0.3 is 5.97 Å². The Morgan fingerprint density at radius 3 is 2.96 bits per heavy atom. The van der Waals surface area contributed by atoms with Crippen LogP contribution in [0.5, 0.6) is 11.5 Å². The number of carbonyl (C=O) groups excluding carboxylic acids is 2. The smallest absolute Gasteiger partial charge is 0.331 e. The lowest BCUT2D eigenvalue weighted by Gasteiger charge is -2.19. The number of ether oxygens (including phenoxy) is 3. The summed E-state index contributed by atoms with van der Waals surface area (Å²) in [6.45, 7) is 2.82. The Morgan fingerprint density at radius 2 is 2.19 bits per heavy atom. The molecule has 1 N–H and O–H groups in total. The molecule has 142 valence electrons. The predicted octanol–water partition coefficient (Wildman–Crippen LogP) is 3.43. The summed E-state index contributed by atoms with van der Waals surface area (Å²) >= 11 is 7.70. The number of benzene rings is 1. The summed E-state index contributed by atoms with van der Waals surface area (Å²) in [5, 5.41) is 5.06. The lowest BCUT2D eigenvalue weighted by molar-refractivity contribution is -0.150. The van der Waals surface area contributed by atoms with E-state index in [0.717, 1.165) is 4.88 Å². The molecule has 1 atom stereocenters. The molecule has 0 unspecified atom stereocenters. The molecule has 0 radical (unpaired) electrons. The third-order valence-corrected chi connectivity index (χ3v) is 4.87. The van der Waals surface area contributed by atoms with E-state index in [4.69, 9.17) is 25.8 Å². The van der Waals surface area contributed by atoms with Crippen LogP contribution in [0.1, 0.15) is 17.4 Å². The van der Waals surface area contributed by atoms with E-state index in [1.54, 1.807) is 29.5 Å². The van der Waals surface area contributed by atoms with Crippen molar-refractivity contribution in [2.24, 2.45) is 0 Å². The molecular formula is C19H18ClNO5S. The molecule has 1 aromatic carbocycles. The van der Waals surface area contributed by atoms with Crippen molar-refractivity contribution < 1.29 is 23.8 Å². The Bertz CT molecular complexity index is 850. The number of hydrogen-bond donors (Lipinski definition) is 1. The van der Waals surface area contributed by atoms with Crippen LogP contribution in [0.2, 0.25) is 5.02 Å². The monoisotopic (exact) mass is 407 g/mol. The summed E-state index contributed by atoms with van der Waals surface area (Å²) in [6, 6.07) is 7.21. The minimum atomic E-state index is -0.897. The molecule has 3 rings (SSSR count). The molecule has 0 aliphatic carbocycles. The van der Waals surface area contributed by atoms with Crippen LogP contribution in [0.3, 0.4) is 0 Å². The molecule has 0 spiro atoms. The van der Waals surface area contributed by atoms with E-state index in [1.165, 1.54) is 13.0 Å². The molecule has 1 aliphatic heterocycles. The molecule has 1 amide bonds. The number of amides is 1. The first-order chi connectivity index (χ1) is 13.0. The minimum absolute atomic E-state index is 0.354. The minimum Gasteiger partial charge on any atom is -0.486 e. The van der Waals surface area contributed by atoms with E-state index in [0.29, 0.717) is 41.8 Å². The third kappa shape index (κ3) is 5.24. The standard InChI is InChI=1S/C19H18ClNO5S/c1-12(19(23)21-11-14-3-2-8-27-14)26-17(22)5-4-13-9-15(20)18-16(10-13)24-6-7-25-18/h2-5,8-10,12H,6-7,11H2,1H3,(H,21,23)/b5-4+/t12-/m0/s1. The first-order valence-electron chi connectivity index (χ1n) is 8.31. The van der Waals surface area contributed by atoms with Crippen LogP contribution in [-0.2, 0) is 20.9 Å². The van der Waals surface area contributed by atoms with Gasteiger partial charge in [-0.15, -0.1) is 11.3 Å². The van der Waals surface area contributed by atoms with E-state index < -0.39 is 12.1 Å². The van der Waals surface area contributed by atoms with Crippen molar-refractivity contribution in [3.8, 4) is 11.5 Å². The Kier molecular flexibility index (Phi) is 6.36. The molecule has 8 heteroatoms. The van der Waals surface area contributed by atoms with E-state index in [-0.39, 0.29) is 5.91 Å². The number of thiophene rings is 1. The Balaban J connectivity index is 1.53. The zero-order chi connectivity index (χ0) is 19.2. The average Bonchev–Trinajstić information content (AvgIpc) is 3.18. The number of esters is 1. The second-order valence-corrected chi connectivity index (χ2v) is 7.18. The lowest BCUT2D eigenvalue weighted by Crippen LogP contribution is -2.34. The van der Waals surface area contributed by atoms with Crippen molar-refractivity contribution in [1.82, 2.24) is 5.32 Å². The maximum atomic E-state index is 12.0. The van der Waals surface area contributed by atoms with Crippen molar-refractivity contribution in [2.45, 2.75) is 19.6 Å². The van der Waals surface area contributed by atoms with Crippen molar-refractivity contribution in [2.75, 3.05) is 13.2 Å². The van der Waals surface area contributed by atoms with Gasteiger partial charge in [0.05, 0.1) is 11.6 Å². The highest BCUT2D eigenvalue weighted by atomic mass is 35.5. The summed E-state index contributed by atoms with van der Waals surface area (Å²) in [4.78, 5) is 25.0. The fourth-order valence-corrected chi connectivity index (χ4v) is 3.31. The highest BCUT2D eigenvalue weighted by Gasteiger charge is 2.17. The second-order valence-electron chi connectivity index (χ2n) is 5.74. The van der Waals surface area contributed by atoms with Crippen LogP contribution in [0, 0.1) is 0 Å². The summed E-state index contributed by atoms with van der Waals surface area (Å²) in [5.74, 6) is 0.0501. The van der Waals surface area contributed by atoms with Gasteiger partial charge < -0.3 is 19.5 Å². The van der Waals surface area contributed by atoms with Crippen LogP contribution in [0.15, 0.2) is 35.7 Å². The lowest BCUT2D eigenvalue weighted by atomic mass is 10.2. The molecule has 2 heterocycles. The van der Waals surface area contributed by atoms with Gasteiger partial charge in [0, 0.05) is 11.0 Å². The first-order valence-corrected chi connectivity index (χ1v) is 9.56. The van der Waals surface area contributed by atoms with Crippen LogP contribution >= 0.6 is 22.9 Å². The van der Waals surface area contributed by atoms with Gasteiger partial charge in [-0.25, -0.2) is 4.79 Å². The largest absolute Gasteiger partial charge is 0.486 e. The van der Waals surface area contributed by atoms with E-state index in [9.17, 15) is 9.59 Å². The first kappa shape index (κ1) is 19.3. The van der Waals surface area contributed by atoms with E-state index >= 15 is 0 Å². The molecule has 0 fully saturated rings. The SMILES string of the molecule is C[C@H](OC(=O)/C=C/c1cc(Cl)c2c(c1)OCCO2)C(=O)NCc1cccs1. The molecule has 2 aromatic rings. The Labute approximate surface area is 165 Å². The topological polar surface area (TPSA) is 73.9 Å². The second kappa shape index (κ2) is 8.92. The molecule has 1 aliphatic rings. The van der Waals surface area contributed by atoms with Gasteiger partial charge in [-0.05, 0) is 42.1 Å². The molecule has 0 saturated heterocycles. The molecule has 1 aromatic heterocycles. The van der Waals surface area contributed by atoms with Gasteiger partial charge in [-0.2, -0.15) is 0 Å². The summed E-state index contributed by atoms with van der Waals surface area (Å²) < 4.78 is 16.1. The van der Waals surface area contributed by atoms with Crippen LogP contribution in [0.4, 0.5) is 0 Å². The summed E-state index contributed by atoms with van der Waals surface area (Å²) in [6.07, 6.45) is 1.89. The number of halogens is 1. The molecule has 0 bridgehead atoms. The van der Waals surface area contributed by atoms with Crippen LogP contribution in [-0.4, -0.2) is 31.2 Å². The fraction of sp³-hybridized carbons (Fsp3) is 0.263. The Hall–Kier alpha value is -2.51. The number of rotatable bonds is 6. The molecule has 0 saturated carbocycles. The highest BCUT2D eigenvalue weighted by Crippen LogP contribution is 2.38. The Morgan fingerprint density at radius 1 is 1.37 bits per heavy atom. The summed E-state index contributed by atoms with van der Waals surface area (Å²) in [7, 11) is 0. The normalized spacial score (nSPS) is 14.0. The van der Waals surface area contributed by atoms with Gasteiger partial charge in [0.15, 0.2) is 17.6 Å². The molecular weight excluding hydrogens is 390 g/mol. The van der Waals surface area contributed by atoms with E-state index in [2.05, 4.69) is 5.32 Å². The van der Waals surface area contributed by atoms with Gasteiger partial charge in [0.2, 0.25) is 0 Å². The highest BCUT2D eigenvalue weighted by molar-refractivity contribution is 7.09. The summed E-state index contributed by atoms with van der Waals surface area (Å²) in [5.41, 5.74) is 0.663. The van der Waals surface area contributed by atoms with Gasteiger partial charge in [-0.3, -0.25) is 4.79 Å². The number of hydrogen-bond acceptors (Lipinski definition) is 6. The predicted molar refractivity (Wildman–Crippen MR) is 103 cm³/mol.